The Labute approximate surface area is 102 Å². The molecule has 1 aromatic heterocycles. The van der Waals surface area contributed by atoms with Gasteiger partial charge in [-0.25, -0.2) is 4.98 Å². The van der Waals surface area contributed by atoms with E-state index in [1.54, 1.807) is 20.0 Å². The Hall–Kier alpha value is -1.36. The van der Waals surface area contributed by atoms with Gasteiger partial charge in [0.1, 0.15) is 5.82 Å². The molecule has 1 rings (SSSR count). The fraction of sp³-hybridized carbons (Fsp3) is 0.667. The summed E-state index contributed by atoms with van der Waals surface area (Å²) in [4.78, 5) is 15.3. The topological polar surface area (TPSA) is 67.2 Å². The van der Waals surface area contributed by atoms with E-state index in [4.69, 9.17) is 5.11 Å². The highest BCUT2D eigenvalue weighted by atomic mass is 16.4. The quantitative estimate of drug-likeness (QED) is 0.707. The molecule has 5 heteroatoms. The Kier molecular flexibility index (Phi) is 4.69. The van der Waals surface area contributed by atoms with Crippen LogP contribution in [0.15, 0.2) is 12.4 Å². The van der Waals surface area contributed by atoms with Crippen molar-refractivity contribution in [1.29, 1.82) is 0 Å². The summed E-state index contributed by atoms with van der Waals surface area (Å²) in [6.07, 6.45) is 4.61. The Morgan fingerprint density at radius 3 is 2.88 bits per heavy atom. The lowest BCUT2D eigenvalue weighted by Gasteiger charge is -2.21. The SMILES string of the molecule is CCCNCc1nccn1CC(C)(C)C(=O)O. The fourth-order valence-electron chi connectivity index (χ4n) is 1.52. The van der Waals surface area contributed by atoms with Gasteiger partial charge in [-0.2, -0.15) is 0 Å². The fourth-order valence-corrected chi connectivity index (χ4v) is 1.52. The van der Waals surface area contributed by atoms with Gasteiger partial charge in [0, 0.05) is 18.9 Å². The van der Waals surface area contributed by atoms with Crippen molar-refractivity contribution in [2.45, 2.75) is 40.3 Å². The van der Waals surface area contributed by atoms with Crippen LogP contribution < -0.4 is 5.32 Å². The molecule has 0 saturated carbocycles. The van der Waals surface area contributed by atoms with Crippen molar-refractivity contribution in [2.75, 3.05) is 6.54 Å². The van der Waals surface area contributed by atoms with E-state index in [2.05, 4.69) is 17.2 Å². The summed E-state index contributed by atoms with van der Waals surface area (Å²) < 4.78 is 1.90. The number of aromatic nitrogens is 2. The van der Waals surface area contributed by atoms with E-state index in [0.717, 1.165) is 18.8 Å². The summed E-state index contributed by atoms with van der Waals surface area (Å²) in [6, 6.07) is 0. The van der Waals surface area contributed by atoms with Gasteiger partial charge in [-0.15, -0.1) is 0 Å². The van der Waals surface area contributed by atoms with E-state index < -0.39 is 11.4 Å². The third-order valence-electron chi connectivity index (χ3n) is 2.66. The van der Waals surface area contributed by atoms with E-state index in [9.17, 15) is 4.79 Å². The van der Waals surface area contributed by atoms with E-state index >= 15 is 0 Å². The standard InChI is InChI=1S/C12H21N3O2/c1-4-5-13-8-10-14-6-7-15(10)9-12(2,3)11(16)17/h6-7,13H,4-5,8-9H2,1-3H3,(H,16,17). The van der Waals surface area contributed by atoms with Crippen molar-refractivity contribution in [3.63, 3.8) is 0 Å². The van der Waals surface area contributed by atoms with Crippen molar-refractivity contribution in [1.82, 2.24) is 14.9 Å². The maximum absolute atomic E-state index is 11.1. The number of rotatable bonds is 7. The van der Waals surface area contributed by atoms with Crippen LogP contribution in [-0.4, -0.2) is 27.2 Å². The highest BCUT2D eigenvalue weighted by molar-refractivity contribution is 5.73. The van der Waals surface area contributed by atoms with Gasteiger partial charge >= 0.3 is 5.97 Å². The van der Waals surface area contributed by atoms with Crippen LogP contribution in [0.1, 0.15) is 33.0 Å². The first-order valence-electron chi connectivity index (χ1n) is 5.91. The second-order valence-electron chi connectivity index (χ2n) is 4.84. The van der Waals surface area contributed by atoms with Crippen LogP contribution in [0, 0.1) is 5.41 Å². The first kappa shape index (κ1) is 13.7. The number of aliphatic carboxylic acids is 1. The Bertz CT molecular complexity index is 372. The largest absolute Gasteiger partial charge is 0.481 e. The maximum Gasteiger partial charge on any atom is 0.310 e. The number of imidazole rings is 1. The maximum atomic E-state index is 11.1. The zero-order chi connectivity index (χ0) is 12.9. The van der Waals surface area contributed by atoms with Crippen LogP contribution in [0.2, 0.25) is 0 Å². The lowest BCUT2D eigenvalue weighted by molar-refractivity contribution is -0.147. The average Bonchev–Trinajstić information content (AvgIpc) is 2.65. The highest BCUT2D eigenvalue weighted by Crippen LogP contribution is 2.19. The molecule has 0 aliphatic rings. The minimum atomic E-state index is -0.793. The molecule has 0 saturated heterocycles. The third-order valence-corrected chi connectivity index (χ3v) is 2.66. The highest BCUT2D eigenvalue weighted by Gasteiger charge is 2.28. The molecule has 17 heavy (non-hydrogen) atoms. The zero-order valence-electron chi connectivity index (χ0n) is 10.7. The minimum Gasteiger partial charge on any atom is -0.481 e. The molecule has 0 aromatic carbocycles. The molecule has 96 valence electrons. The number of carboxylic acids is 1. The molecule has 0 atom stereocenters. The number of nitrogens with zero attached hydrogens (tertiary/aromatic N) is 2. The molecule has 0 fully saturated rings. The first-order valence-corrected chi connectivity index (χ1v) is 5.91. The molecule has 0 aliphatic heterocycles. The number of nitrogens with one attached hydrogen (secondary N) is 1. The summed E-state index contributed by atoms with van der Waals surface area (Å²) in [5, 5.41) is 12.4. The van der Waals surface area contributed by atoms with Gasteiger partial charge < -0.3 is 15.0 Å². The van der Waals surface area contributed by atoms with E-state index in [-0.39, 0.29) is 0 Å². The van der Waals surface area contributed by atoms with Crippen molar-refractivity contribution >= 4 is 5.97 Å². The predicted octanol–water partition coefficient (Wildman–Crippen LogP) is 1.49. The Morgan fingerprint density at radius 1 is 1.59 bits per heavy atom. The summed E-state index contributed by atoms with van der Waals surface area (Å²) in [6.45, 7) is 7.60. The molecule has 0 amide bonds. The summed E-state index contributed by atoms with van der Waals surface area (Å²) in [5.41, 5.74) is -0.778. The molecule has 0 radical (unpaired) electrons. The smallest absolute Gasteiger partial charge is 0.310 e. The minimum absolute atomic E-state index is 0.436. The first-order chi connectivity index (χ1) is 7.97. The molecule has 2 N–H and O–H groups in total. The van der Waals surface area contributed by atoms with Crippen LogP contribution >= 0.6 is 0 Å². The second-order valence-corrected chi connectivity index (χ2v) is 4.84. The van der Waals surface area contributed by atoms with E-state index in [1.807, 2.05) is 10.8 Å². The van der Waals surface area contributed by atoms with E-state index in [0.29, 0.717) is 13.1 Å². The van der Waals surface area contributed by atoms with Crippen LogP contribution in [-0.2, 0) is 17.9 Å². The van der Waals surface area contributed by atoms with Crippen LogP contribution in [0.5, 0.6) is 0 Å². The molecule has 5 nitrogen and oxygen atoms in total. The zero-order valence-corrected chi connectivity index (χ0v) is 10.7. The molecule has 0 spiro atoms. The Balaban J connectivity index is 2.65. The van der Waals surface area contributed by atoms with Gasteiger partial charge in [0.15, 0.2) is 0 Å². The number of hydrogen-bond donors (Lipinski definition) is 2. The molecule has 0 unspecified atom stereocenters. The molecular weight excluding hydrogens is 218 g/mol. The third kappa shape index (κ3) is 3.85. The lowest BCUT2D eigenvalue weighted by atomic mass is 9.94. The summed E-state index contributed by atoms with van der Waals surface area (Å²) >= 11 is 0. The van der Waals surface area contributed by atoms with Crippen LogP contribution in [0.25, 0.3) is 0 Å². The van der Waals surface area contributed by atoms with Gasteiger partial charge in [0.25, 0.3) is 0 Å². The average molecular weight is 239 g/mol. The van der Waals surface area contributed by atoms with Crippen molar-refractivity contribution in [2.24, 2.45) is 5.41 Å². The van der Waals surface area contributed by atoms with Crippen molar-refractivity contribution in [3.8, 4) is 0 Å². The molecule has 0 aliphatic carbocycles. The summed E-state index contributed by atoms with van der Waals surface area (Å²) in [5.74, 6) is 0.0893. The lowest BCUT2D eigenvalue weighted by Crippen LogP contribution is -2.30. The Morgan fingerprint density at radius 2 is 2.29 bits per heavy atom. The van der Waals surface area contributed by atoms with Gasteiger partial charge in [-0.1, -0.05) is 6.92 Å². The molecular formula is C12H21N3O2. The van der Waals surface area contributed by atoms with Gasteiger partial charge in [0.05, 0.1) is 12.0 Å². The molecule has 0 bridgehead atoms. The summed E-state index contributed by atoms with van der Waals surface area (Å²) in [7, 11) is 0. The van der Waals surface area contributed by atoms with Gasteiger partial charge in [0.2, 0.25) is 0 Å². The predicted molar refractivity (Wildman–Crippen MR) is 65.6 cm³/mol. The molecule has 1 aromatic rings. The van der Waals surface area contributed by atoms with Gasteiger partial charge in [-0.05, 0) is 26.8 Å². The second kappa shape index (κ2) is 5.82. The van der Waals surface area contributed by atoms with Gasteiger partial charge in [-0.3, -0.25) is 4.79 Å². The number of hydrogen-bond acceptors (Lipinski definition) is 3. The van der Waals surface area contributed by atoms with Crippen molar-refractivity contribution in [3.05, 3.63) is 18.2 Å². The molecule has 1 heterocycles. The van der Waals surface area contributed by atoms with Crippen LogP contribution in [0.3, 0.4) is 0 Å². The normalized spacial score (nSPS) is 11.7. The van der Waals surface area contributed by atoms with E-state index in [1.165, 1.54) is 0 Å². The number of carboxylic acid groups (broad SMARTS) is 1. The monoisotopic (exact) mass is 239 g/mol. The number of carbonyl (C=O) groups is 1. The van der Waals surface area contributed by atoms with Crippen LogP contribution in [0.4, 0.5) is 0 Å². The van der Waals surface area contributed by atoms with Crippen molar-refractivity contribution < 1.29 is 9.90 Å².